The van der Waals surface area contributed by atoms with Crippen molar-refractivity contribution in [3.05, 3.63) is 52.3 Å². The average Bonchev–Trinajstić information content (AvgIpc) is 2.82. The van der Waals surface area contributed by atoms with Crippen molar-refractivity contribution >= 4 is 17.5 Å². The first-order chi connectivity index (χ1) is 17.3. The van der Waals surface area contributed by atoms with Crippen LogP contribution in [0.4, 0.5) is 13.2 Å². The normalized spacial score (nSPS) is 25.6. The second kappa shape index (κ2) is 11.0. The summed E-state index contributed by atoms with van der Waals surface area (Å²) in [6.07, 6.45) is -9.77. The second-order valence-electron chi connectivity index (χ2n) is 8.69. The Hall–Kier alpha value is -3.26. The highest BCUT2D eigenvalue weighted by atomic mass is 19.4. The molecule has 1 aliphatic carbocycles. The van der Waals surface area contributed by atoms with E-state index < -0.39 is 84.4 Å². The molecule has 1 amide bonds. The molecule has 202 valence electrons. The van der Waals surface area contributed by atoms with Gasteiger partial charge in [0, 0.05) is 31.1 Å². The number of benzene rings is 1. The first kappa shape index (κ1) is 28.3. The molecule has 5 atom stereocenters. The van der Waals surface area contributed by atoms with Gasteiger partial charge in [-0.25, -0.2) is 0 Å². The zero-order valence-electron chi connectivity index (χ0n) is 19.8. The Labute approximate surface area is 209 Å². The monoisotopic (exact) mass is 529 g/mol. The maximum atomic E-state index is 13.0. The van der Waals surface area contributed by atoms with Crippen LogP contribution in [0.15, 0.2) is 41.2 Å². The molecule has 10 nitrogen and oxygen atoms in total. The zero-order chi connectivity index (χ0) is 27.7. The summed E-state index contributed by atoms with van der Waals surface area (Å²) in [4.78, 5) is 36.8. The lowest BCUT2D eigenvalue weighted by Gasteiger charge is -2.39. The molecule has 1 aliphatic heterocycles. The van der Waals surface area contributed by atoms with Gasteiger partial charge in [-0.05, 0) is 25.5 Å². The number of allylic oxidation sites excluding steroid dienone is 2. The number of alkyl halides is 3. The van der Waals surface area contributed by atoms with Crippen LogP contribution in [0.3, 0.4) is 0 Å². The molecule has 5 N–H and O–H groups in total. The first-order valence-electron chi connectivity index (χ1n) is 11.3. The lowest BCUT2D eigenvalue weighted by molar-refractivity contribution is -0.239. The fraction of sp³-hybridized carbons (Fsp3) is 0.458. The van der Waals surface area contributed by atoms with E-state index >= 15 is 0 Å². The molecule has 13 heteroatoms. The highest BCUT2D eigenvalue weighted by molar-refractivity contribution is 6.27. The van der Waals surface area contributed by atoms with Gasteiger partial charge in [0.25, 0.3) is 0 Å². The first-order valence-corrected chi connectivity index (χ1v) is 11.3. The van der Waals surface area contributed by atoms with E-state index in [4.69, 9.17) is 9.47 Å². The maximum absolute atomic E-state index is 13.0. The number of ether oxygens (including phenoxy) is 2. The minimum Gasteiger partial charge on any atom is -0.507 e. The van der Waals surface area contributed by atoms with Crippen molar-refractivity contribution in [3.63, 3.8) is 0 Å². The average molecular weight is 529 g/mol. The molecular formula is C24H26F3NO9. The van der Waals surface area contributed by atoms with Crippen molar-refractivity contribution in [2.24, 2.45) is 0 Å². The minimum absolute atomic E-state index is 0.0152. The third-order valence-electron chi connectivity index (χ3n) is 6.15. The third-order valence-corrected chi connectivity index (χ3v) is 6.15. The van der Waals surface area contributed by atoms with Crippen molar-refractivity contribution in [2.45, 2.75) is 63.5 Å². The Balaban J connectivity index is 1.85. The van der Waals surface area contributed by atoms with Gasteiger partial charge in [-0.1, -0.05) is 12.1 Å². The second-order valence-corrected chi connectivity index (χ2v) is 8.69. The summed E-state index contributed by atoms with van der Waals surface area (Å²) in [6.45, 7) is 2.23. The number of phenolic OH excluding ortho intramolecular Hbond substituents is 1. The van der Waals surface area contributed by atoms with Gasteiger partial charge in [-0.2, -0.15) is 13.2 Å². The van der Waals surface area contributed by atoms with Gasteiger partial charge >= 0.3 is 12.1 Å². The summed E-state index contributed by atoms with van der Waals surface area (Å²) < 4.78 is 49.3. The molecule has 3 rings (SSSR count). The van der Waals surface area contributed by atoms with E-state index in [1.165, 1.54) is 32.0 Å². The van der Waals surface area contributed by atoms with Crippen LogP contribution >= 0.6 is 0 Å². The third kappa shape index (κ3) is 6.01. The fourth-order valence-electron chi connectivity index (χ4n) is 4.15. The Morgan fingerprint density at radius 3 is 2.59 bits per heavy atom. The van der Waals surface area contributed by atoms with Gasteiger partial charge in [0.1, 0.15) is 17.6 Å². The van der Waals surface area contributed by atoms with Crippen LogP contribution in [0.2, 0.25) is 0 Å². The Bertz CT molecular complexity index is 1140. The smallest absolute Gasteiger partial charge is 0.471 e. The maximum Gasteiger partial charge on any atom is 0.471 e. The van der Waals surface area contributed by atoms with Crippen molar-refractivity contribution in [3.8, 4) is 5.75 Å². The largest absolute Gasteiger partial charge is 0.507 e. The Morgan fingerprint density at radius 2 is 1.97 bits per heavy atom. The highest BCUT2D eigenvalue weighted by Crippen LogP contribution is 2.33. The number of hydrogen-bond donors (Lipinski definition) is 5. The molecule has 1 heterocycles. The number of rotatable bonds is 7. The van der Waals surface area contributed by atoms with Gasteiger partial charge in [0.05, 0.1) is 29.4 Å². The molecule has 1 saturated heterocycles. The molecule has 0 aromatic heterocycles. The molecular weight excluding hydrogens is 503 g/mol. The number of aromatic hydroxyl groups is 1. The number of hydrogen-bond acceptors (Lipinski definition) is 9. The standard InChI is InChI=1S/C24H26F3NO9/c1-10(20(32)13-8-16(31)12-4-3-5-15(30)19(12)22(13)34)17(6-7-29)37-18-9-14(21(33)11(2)36-18)28-23(35)24(25,26)27/h3-5,8,11,14,17-18,21,29-30,32-33H,6-7,9H2,1-2H3,(H,28,35)/b20-10-/t11?,14?,17-,18-,21+/m0/s1. The molecule has 1 aromatic carbocycles. The van der Waals surface area contributed by atoms with E-state index in [1.807, 2.05) is 0 Å². The van der Waals surface area contributed by atoms with Crippen LogP contribution in [0.25, 0.3) is 0 Å². The summed E-state index contributed by atoms with van der Waals surface area (Å²) in [6, 6.07) is 2.56. The number of carbonyl (C=O) groups excluding carboxylic acids is 3. The zero-order valence-corrected chi connectivity index (χ0v) is 19.8. The van der Waals surface area contributed by atoms with E-state index in [2.05, 4.69) is 0 Å². The predicted octanol–water partition coefficient (Wildman–Crippen LogP) is 1.84. The lowest BCUT2D eigenvalue weighted by Crippen LogP contribution is -2.57. The van der Waals surface area contributed by atoms with Crippen LogP contribution in [0, 0.1) is 0 Å². The van der Waals surface area contributed by atoms with Crippen LogP contribution < -0.4 is 5.32 Å². The molecule has 1 aromatic rings. The quantitative estimate of drug-likeness (QED) is 0.332. The van der Waals surface area contributed by atoms with E-state index in [0.29, 0.717) is 0 Å². The van der Waals surface area contributed by atoms with Crippen molar-refractivity contribution in [1.29, 1.82) is 0 Å². The van der Waals surface area contributed by atoms with Gasteiger partial charge in [-0.3, -0.25) is 14.4 Å². The lowest BCUT2D eigenvalue weighted by atomic mass is 9.86. The Kier molecular flexibility index (Phi) is 8.42. The van der Waals surface area contributed by atoms with Gasteiger partial charge in [0.2, 0.25) is 5.78 Å². The number of nitrogens with one attached hydrogen (secondary N) is 1. The number of halogens is 3. The number of ketones is 2. The molecule has 0 spiro atoms. The molecule has 0 bridgehead atoms. The molecule has 0 radical (unpaired) electrons. The van der Waals surface area contributed by atoms with Gasteiger partial charge in [-0.15, -0.1) is 0 Å². The van der Waals surface area contributed by atoms with E-state index in [0.717, 1.165) is 6.08 Å². The summed E-state index contributed by atoms with van der Waals surface area (Å²) in [7, 11) is 0. The number of amides is 1. The fourth-order valence-corrected chi connectivity index (χ4v) is 4.15. The number of carbonyl (C=O) groups is 3. The van der Waals surface area contributed by atoms with Gasteiger partial charge < -0.3 is 35.2 Å². The van der Waals surface area contributed by atoms with Crippen molar-refractivity contribution in [2.75, 3.05) is 6.61 Å². The number of aliphatic hydroxyl groups excluding tert-OH is 3. The van der Waals surface area contributed by atoms with Crippen LogP contribution in [-0.4, -0.2) is 81.3 Å². The SMILES string of the molecule is C/C(=C(/O)C1=CC(=O)c2cccc(O)c2C1=O)[C@H](CCO)O[C@H]1CC(NC(=O)C(F)(F)F)[C@H](O)C(C)O1. The number of Topliss-reactive ketones (excluding diaryl/α,β-unsaturated/α-hetero) is 1. The van der Waals surface area contributed by atoms with Crippen molar-refractivity contribution < 1.29 is 57.5 Å². The number of fused-ring (bicyclic) bond motifs is 1. The topological polar surface area (TPSA) is 163 Å². The number of aliphatic hydroxyl groups is 3. The molecule has 37 heavy (non-hydrogen) atoms. The van der Waals surface area contributed by atoms with Crippen molar-refractivity contribution in [1.82, 2.24) is 5.32 Å². The highest BCUT2D eigenvalue weighted by Gasteiger charge is 2.44. The molecule has 2 aliphatic rings. The summed E-state index contributed by atoms with van der Waals surface area (Å²) in [5, 5.41) is 42.3. The van der Waals surface area contributed by atoms with E-state index in [-0.39, 0.29) is 23.1 Å². The van der Waals surface area contributed by atoms with Crippen LogP contribution in [0.5, 0.6) is 5.75 Å². The minimum atomic E-state index is -5.17. The summed E-state index contributed by atoms with van der Waals surface area (Å²) in [5.74, 6) is -4.82. The van der Waals surface area contributed by atoms with E-state index in [1.54, 1.807) is 5.32 Å². The molecule has 0 saturated carbocycles. The molecule has 2 unspecified atom stereocenters. The van der Waals surface area contributed by atoms with Crippen LogP contribution in [-0.2, 0) is 14.3 Å². The summed E-state index contributed by atoms with van der Waals surface area (Å²) >= 11 is 0. The molecule has 1 fully saturated rings. The number of phenols is 1. The Morgan fingerprint density at radius 1 is 1.30 bits per heavy atom. The van der Waals surface area contributed by atoms with Gasteiger partial charge in [0.15, 0.2) is 12.1 Å². The predicted molar refractivity (Wildman–Crippen MR) is 120 cm³/mol. The van der Waals surface area contributed by atoms with E-state index in [9.17, 15) is 48.0 Å². The van der Waals surface area contributed by atoms with Crippen LogP contribution in [0.1, 0.15) is 47.4 Å². The summed E-state index contributed by atoms with van der Waals surface area (Å²) in [5.41, 5.74) is -0.770.